The van der Waals surface area contributed by atoms with Crippen molar-refractivity contribution in [1.29, 1.82) is 0 Å². The second-order valence-corrected chi connectivity index (χ2v) is 11.7. The van der Waals surface area contributed by atoms with Crippen LogP contribution in [0.4, 0.5) is 0 Å². The molecule has 0 N–H and O–H groups in total. The van der Waals surface area contributed by atoms with Crippen molar-refractivity contribution in [2.45, 2.75) is 0 Å². The molecule has 0 atom stereocenters. The summed E-state index contributed by atoms with van der Waals surface area (Å²) in [7, 11) is 0. The Balaban J connectivity index is 1.28. The van der Waals surface area contributed by atoms with Gasteiger partial charge in [0.1, 0.15) is 0 Å². The van der Waals surface area contributed by atoms with E-state index in [0.717, 1.165) is 27.6 Å². The molecule has 5 heteroatoms. The zero-order valence-corrected chi connectivity index (χ0v) is 23.9. The van der Waals surface area contributed by atoms with Crippen LogP contribution in [-0.2, 0) is 0 Å². The Morgan fingerprint density at radius 2 is 1.12 bits per heavy atom. The molecule has 0 saturated heterocycles. The van der Waals surface area contributed by atoms with Gasteiger partial charge in [-0.3, -0.25) is 0 Å². The molecule has 2 heterocycles. The molecule has 8 rings (SSSR count). The second-order valence-electron chi connectivity index (χ2n) is 10.3. The normalized spacial score (nSPS) is 11.5. The summed E-state index contributed by atoms with van der Waals surface area (Å²) in [5.74, 6) is 1.13. The Morgan fingerprint density at radius 3 is 1.95 bits per heavy atom. The molecule has 0 bridgehead atoms. The van der Waals surface area contributed by atoms with E-state index < -0.39 is 0 Å². The van der Waals surface area contributed by atoms with Crippen molar-refractivity contribution < 1.29 is 0 Å². The number of benzene rings is 6. The first-order valence-corrected chi connectivity index (χ1v) is 14.9. The van der Waals surface area contributed by atoms with Gasteiger partial charge in [0.05, 0.1) is 0 Å². The molecule has 8 aromatic rings. The monoisotopic (exact) mass is 575 g/mol. The molecule has 0 radical (unpaired) electrons. The van der Waals surface area contributed by atoms with Crippen molar-refractivity contribution in [3.05, 3.63) is 139 Å². The van der Waals surface area contributed by atoms with Crippen LogP contribution < -0.4 is 0 Å². The Morgan fingerprint density at radius 1 is 0.452 bits per heavy atom. The number of aromatic nitrogens is 3. The predicted molar refractivity (Wildman–Crippen MR) is 177 cm³/mol. The van der Waals surface area contributed by atoms with E-state index in [9.17, 15) is 0 Å². The van der Waals surface area contributed by atoms with Gasteiger partial charge in [0.2, 0.25) is 5.28 Å². The number of hydrogen-bond donors (Lipinski definition) is 0. The summed E-state index contributed by atoms with van der Waals surface area (Å²) in [4.78, 5) is 14.0. The Labute approximate surface area is 251 Å². The van der Waals surface area contributed by atoms with E-state index in [4.69, 9.17) is 16.6 Å². The fourth-order valence-corrected chi connectivity index (χ4v) is 6.94. The second kappa shape index (κ2) is 10.2. The van der Waals surface area contributed by atoms with Crippen molar-refractivity contribution in [3.63, 3.8) is 0 Å². The molecule has 6 aromatic carbocycles. The zero-order chi connectivity index (χ0) is 28.0. The predicted octanol–water partition coefficient (Wildman–Crippen LogP) is 10.7. The van der Waals surface area contributed by atoms with Crippen LogP contribution in [0.3, 0.4) is 0 Å². The number of hydrogen-bond acceptors (Lipinski definition) is 4. The molecule has 0 amide bonds. The van der Waals surface area contributed by atoms with E-state index in [-0.39, 0.29) is 5.28 Å². The van der Waals surface area contributed by atoms with Gasteiger partial charge in [0.15, 0.2) is 11.6 Å². The summed E-state index contributed by atoms with van der Waals surface area (Å²) in [6.45, 7) is 0. The molecular weight excluding hydrogens is 554 g/mol. The molecule has 0 aliphatic carbocycles. The summed E-state index contributed by atoms with van der Waals surface area (Å²) >= 11 is 8.28. The van der Waals surface area contributed by atoms with E-state index in [1.807, 2.05) is 30.3 Å². The molecule has 0 saturated carbocycles. The third kappa shape index (κ3) is 4.42. The fourth-order valence-electron chi connectivity index (χ4n) is 5.61. The molecule has 3 nitrogen and oxygen atoms in total. The highest BCUT2D eigenvalue weighted by atomic mass is 35.5. The minimum Gasteiger partial charge on any atom is -0.208 e. The van der Waals surface area contributed by atoms with Gasteiger partial charge in [-0.15, -0.1) is 11.3 Å². The quantitative estimate of drug-likeness (QED) is 0.209. The number of halogens is 1. The summed E-state index contributed by atoms with van der Waals surface area (Å²) in [6.07, 6.45) is 0. The lowest BCUT2D eigenvalue weighted by Gasteiger charge is -2.11. The van der Waals surface area contributed by atoms with Crippen LogP contribution in [-0.4, -0.2) is 15.0 Å². The van der Waals surface area contributed by atoms with Crippen LogP contribution in [0.15, 0.2) is 133 Å². The number of nitrogens with zero attached hydrogens (tertiary/aromatic N) is 3. The first kappa shape index (κ1) is 24.9. The van der Waals surface area contributed by atoms with E-state index in [2.05, 4.69) is 113 Å². The third-order valence-corrected chi connectivity index (χ3v) is 8.95. The summed E-state index contributed by atoms with van der Waals surface area (Å²) in [5, 5.41) is 4.98. The first-order valence-electron chi connectivity index (χ1n) is 13.7. The van der Waals surface area contributed by atoms with Crippen LogP contribution in [0.1, 0.15) is 0 Å². The lowest BCUT2D eigenvalue weighted by molar-refractivity contribution is 1.07. The minimum atomic E-state index is 0.177. The Kier molecular flexibility index (Phi) is 6.03. The lowest BCUT2D eigenvalue weighted by Crippen LogP contribution is -1.98. The maximum absolute atomic E-state index is 6.50. The maximum atomic E-state index is 6.50. The van der Waals surface area contributed by atoms with Gasteiger partial charge < -0.3 is 0 Å². The van der Waals surface area contributed by atoms with Crippen molar-refractivity contribution in [1.82, 2.24) is 15.0 Å². The molecule has 42 heavy (non-hydrogen) atoms. The molecular formula is C37H22ClN3S. The van der Waals surface area contributed by atoms with Gasteiger partial charge in [-0.25, -0.2) is 4.98 Å². The highest BCUT2D eigenvalue weighted by Crippen LogP contribution is 2.42. The topological polar surface area (TPSA) is 38.7 Å². The van der Waals surface area contributed by atoms with E-state index in [1.165, 1.54) is 36.7 Å². The average molecular weight is 576 g/mol. The van der Waals surface area contributed by atoms with Crippen molar-refractivity contribution in [2.24, 2.45) is 0 Å². The smallest absolute Gasteiger partial charge is 0.208 e. The average Bonchev–Trinajstić information content (AvgIpc) is 3.43. The highest BCUT2D eigenvalue weighted by Gasteiger charge is 2.18. The van der Waals surface area contributed by atoms with E-state index in [0.29, 0.717) is 11.6 Å². The number of fused-ring (bicyclic) bond motifs is 4. The fraction of sp³-hybridized carbons (Fsp3) is 0. The van der Waals surface area contributed by atoms with Crippen LogP contribution >= 0.6 is 22.9 Å². The van der Waals surface area contributed by atoms with Gasteiger partial charge in [-0.05, 0) is 68.9 Å². The highest BCUT2D eigenvalue weighted by molar-refractivity contribution is 7.26. The van der Waals surface area contributed by atoms with Crippen molar-refractivity contribution >= 4 is 53.9 Å². The molecule has 198 valence electrons. The van der Waals surface area contributed by atoms with Gasteiger partial charge in [-0.2, -0.15) is 9.97 Å². The lowest BCUT2D eigenvalue weighted by atomic mass is 9.96. The number of thiophene rings is 1. The van der Waals surface area contributed by atoms with Crippen molar-refractivity contribution in [2.75, 3.05) is 0 Å². The molecule has 0 aliphatic rings. The SMILES string of the molecule is Clc1nc(-c2ccccc2)nc(-c2cc(-c3ccc(-c4ccc5ccccc5c4)cc3)cc3sc4ccccc4c23)n1. The summed E-state index contributed by atoms with van der Waals surface area (Å²) in [5.41, 5.74) is 6.46. The summed E-state index contributed by atoms with van der Waals surface area (Å²) in [6, 6.07) is 46.7. The molecule has 0 spiro atoms. The molecule has 0 fully saturated rings. The van der Waals surface area contributed by atoms with Crippen LogP contribution in [0, 0.1) is 0 Å². The standard InChI is InChI=1S/C37H22ClN3S/c38-37-40-35(26-9-2-1-3-10-26)39-36(41-37)31-21-29(22-33-34(31)30-12-6-7-13-32(30)42-33)25-16-14-24(15-17-25)28-19-18-23-8-4-5-11-27(23)20-28/h1-22H. The van der Waals surface area contributed by atoms with Gasteiger partial charge in [0.25, 0.3) is 0 Å². The molecule has 0 aliphatic heterocycles. The van der Waals surface area contributed by atoms with Crippen LogP contribution in [0.5, 0.6) is 0 Å². The number of rotatable bonds is 4. The van der Waals surface area contributed by atoms with E-state index in [1.54, 1.807) is 11.3 Å². The zero-order valence-electron chi connectivity index (χ0n) is 22.3. The first-order chi connectivity index (χ1) is 20.7. The summed E-state index contributed by atoms with van der Waals surface area (Å²) < 4.78 is 2.40. The van der Waals surface area contributed by atoms with Gasteiger partial charge >= 0.3 is 0 Å². The van der Waals surface area contributed by atoms with Gasteiger partial charge in [-0.1, -0.05) is 109 Å². The van der Waals surface area contributed by atoms with Crippen molar-refractivity contribution in [3.8, 4) is 45.0 Å². The third-order valence-electron chi connectivity index (χ3n) is 7.66. The largest absolute Gasteiger partial charge is 0.226 e. The minimum absolute atomic E-state index is 0.177. The van der Waals surface area contributed by atoms with E-state index >= 15 is 0 Å². The van der Waals surface area contributed by atoms with Gasteiger partial charge in [0, 0.05) is 31.3 Å². The van der Waals surface area contributed by atoms with Crippen LogP contribution in [0.2, 0.25) is 5.28 Å². The Hall–Kier alpha value is -4.90. The van der Waals surface area contributed by atoms with Crippen LogP contribution in [0.25, 0.3) is 76.0 Å². The molecule has 2 aromatic heterocycles. The molecule has 0 unspecified atom stereocenters. The maximum Gasteiger partial charge on any atom is 0.226 e. The Bertz CT molecular complexity index is 2260.